The van der Waals surface area contributed by atoms with Crippen LogP contribution in [0.2, 0.25) is 0 Å². The fourth-order valence-corrected chi connectivity index (χ4v) is 2.18. The largest absolute Gasteiger partial charge is 0.337 e. The fourth-order valence-electron chi connectivity index (χ4n) is 2.18. The average Bonchev–Trinajstić information content (AvgIpc) is 3.02. The van der Waals surface area contributed by atoms with Crippen LogP contribution in [-0.2, 0) is 13.6 Å². The number of nitrogens with zero attached hydrogens (tertiary/aromatic N) is 4. The standard InChI is InChI=1S/C13H17N5O/c1-9-11(7-15-16-9)13(19)18(10-3-4-10)8-12-14-5-6-17(12)2/h5-7,10H,3-4,8H2,1-2H3,(H,15,16). The van der Waals surface area contributed by atoms with E-state index in [0.29, 0.717) is 18.2 Å². The maximum Gasteiger partial charge on any atom is 0.257 e. The number of carbonyl (C=O) groups excluding carboxylic acids is 1. The summed E-state index contributed by atoms with van der Waals surface area (Å²) in [6, 6.07) is 0.346. The van der Waals surface area contributed by atoms with Gasteiger partial charge in [0.15, 0.2) is 0 Å². The van der Waals surface area contributed by atoms with Crippen molar-refractivity contribution in [3.63, 3.8) is 0 Å². The minimum absolute atomic E-state index is 0.0387. The van der Waals surface area contributed by atoms with E-state index < -0.39 is 0 Å². The Bertz CT molecular complexity index is 596. The maximum absolute atomic E-state index is 12.6. The third-order valence-electron chi connectivity index (χ3n) is 3.54. The van der Waals surface area contributed by atoms with Gasteiger partial charge in [-0.15, -0.1) is 0 Å². The molecule has 0 aliphatic heterocycles. The first-order chi connectivity index (χ1) is 9.16. The lowest BCUT2D eigenvalue weighted by Gasteiger charge is -2.21. The molecule has 0 atom stereocenters. The van der Waals surface area contributed by atoms with Crippen molar-refractivity contribution in [2.45, 2.75) is 32.4 Å². The first kappa shape index (κ1) is 12.0. The minimum atomic E-state index is 0.0387. The Labute approximate surface area is 111 Å². The molecule has 1 amide bonds. The second kappa shape index (κ2) is 4.53. The zero-order chi connectivity index (χ0) is 13.4. The van der Waals surface area contributed by atoms with Gasteiger partial charge in [-0.3, -0.25) is 9.89 Å². The normalized spacial score (nSPS) is 14.6. The molecule has 0 saturated heterocycles. The molecule has 6 nitrogen and oxygen atoms in total. The molecule has 1 N–H and O–H groups in total. The number of amides is 1. The van der Waals surface area contributed by atoms with E-state index in [1.165, 1.54) is 0 Å². The summed E-state index contributed by atoms with van der Waals surface area (Å²) in [6.45, 7) is 2.42. The number of imidazole rings is 1. The van der Waals surface area contributed by atoms with E-state index in [2.05, 4.69) is 15.2 Å². The van der Waals surface area contributed by atoms with E-state index in [4.69, 9.17) is 0 Å². The first-order valence-corrected chi connectivity index (χ1v) is 6.44. The number of rotatable bonds is 4. The van der Waals surface area contributed by atoms with Crippen LogP contribution in [0.4, 0.5) is 0 Å². The predicted molar refractivity (Wildman–Crippen MR) is 69.4 cm³/mol. The third-order valence-corrected chi connectivity index (χ3v) is 3.54. The number of hydrogen-bond acceptors (Lipinski definition) is 3. The van der Waals surface area contributed by atoms with Crippen LogP contribution in [0, 0.1) is 6.92 Å². The maximum atomic E-state index is 12.6. The highest BCUT2D eigenvalue weighted by Gasteiger charge is 2.34. The van der Waals surface area contributed by atoms with Gasteiger partial charge >= 0.3 is 0 Å². The summed E-state index contributed by atoms with van der Waals surface area (Å²) >= 11 is 0. The van der Waals surface area contributed by atoms with Crippen molar-refractivity contribution in [2.24, 2.45) is 7.05 Å². The molecular formula is C13H17N5O. The van der Waals surface area contributed by atoms with Gasteiger partial charge < -0.3 is 9.47 Å². The summed E-state index contributed by atoms with van der Waals surface area (Å²) in [5, 5.41) is 6.74. The molecular weight excluding hydrogens is 242 g/mol. The molecule has 2 aromatic rings. The number of hydrogen-bond donors (Lipinski definition) is 1. The quantitative estimate of drug-likeness (QED) is 0.898. The van der Waals surface area contributed by atoms with Crippen LogP contribution in [-0.4, -0.2) is 36.6 Å². The smallest absolute Gasteiger partial charge is 0.257 e. The SMILES string of the molecule is Cc1[nH]ncc1C(=O)N(Cc1nccn1C)C1CC1. The van der Waals surface area contributed by atoms with E-state index in [9.17, 15) is 4.79 Å². The van der Waals surface area contributed by atoms with E-state index >= 15 is 0 Å². The Balaban J connectivity index is 1.84. The van der Waals surface area contributed by atoms with Gasteiger partial charge in [0.2, 0.25) is 0 Å². The van der Waals surface area contributed by atoms with Crippen LogP contribution in [0.3, 0.4) is 0 Å². The molecule has 2 heterocycles. The number of aryl methyl sites for hydroxylation is 2. The number of nitrogens with one attached hydrogen (secondary N) is 1. The molecule has 1 aliphatic rings. The van der Waals surface area contributed by atoms with Gasteiger partial charge in [-0.25, -0.2) is 4.98 Å². The summed E-state index contributed by atoms with van der Waals surface area (Å²) < 4.78 is 1.95. The fraction of sp³-hybridized carbons (Fsp3) is 0.462. The van der Waals surface area contributed by atoms with Gasteiger partial charge in [0.05, 0.1) is 18.3 Å². The van der Waals surface area contributed by atoms with Gasteiger partial charge in [0.25, 0.3) is 5.91 Å². The molecule has 1 fully saturated rings. The minimum Gasteiger partial charge on any atom is -0.337 e. The number of aromatic nitrogens is 4. The average molecular weight is 259 g/mol. The molecule has 1 saturated carbocycles. The Hall–Kier alpha value is -2.11. The van der Waals surface area contributed by atoms with Crippen LogP contribution >= 0.6 is 0 Å². The van der Waals surface area contributed by atoms with E-state index in [1.54, 1.807) is 12.4 Å². The lowest BCUT2D eigenvalue weighted by atomic mass is 10.2. The Morgan fingerprint density at radius 1 is 1.58 bits per heavy atom. The van der Waals surface area contributed by atoms with Crippen molar-refractivity contribution in [2.75, 3.05) is 0 Å². The summed E-state index contributed by atoms with van der Waals surface area (Å²) in [5.41, 5.74) is 1.47. The molecule has 0 aromatic carbocycles. The van der Waals surface area contributed by atoms with E-state index in [-0.39, 0.29) is 5.91 Å². The molecule has 0 radical (unpaired) electrons. The van der Waals surface area contributed by atoms with Crippen molar-refractivity contribution in [3.05, 3.63) is 35.7 Å². The highest BCUT2D eigenvalue weighted by atomic mass is 16.2. The molecule has 6 heteroatoms. The number of H-pyrrole nitrogens is 1. The van der Waals surface area contributed by atoms with Crippen LogP contribution in [0.5, 0.6) is 0 Å². The highest BCUT2D eigenvalue weighted by Crippen LogP contribution is 2.29. The molecule has 19 heavy (non-hydrogen) atoms. The lowest BCUT2D eigenvalue weighted by molar-refractivity contribution is 0.0723. The zero-order valence-electron chi connectivity index (χ0n) is 11.1. The van der Waals surface area contributed by atoms with Gasteiger partial charge in [-0.2, -0.15) is 5.10 Å². The van der Waals surface area contributed by atoms with Gasteiger partial charge in [0, 0.05) is 31.2 Å². The summed E-state index contributed by atoms with van der Waals surface area (Å²) in [7, 11) is 1.95. The molecule has 0 unspecified atom stereocenters. The summed E-state index contributed by atoms with van der Waals surface area (Å²) in [6.07, 6.45) is 7.41. The number of aromatic amines is 1. The highest BCUT2D eigenvalue weighted by molar-refractivity contribution is 5.95. The molecule has 3 rings (SSSR count). The topological polar surface area (TPSA) is 66.8 Å². The van der Waals surface area contributed by atoms with Gasteiger partial charge in [0.1, 0.15) is 5.82 Å². The van der Waals surface area contributed by atoms with Crippen molar-refractivity contribution in [3.8, 4) is 0 Å². The van der Waals surface area contributed by atoms with Crippen LogP contribution in [0.15, 0.2) is 18.6 Å². The predicted octanol–water partition coefficient (Wildman–Crippen LogP) is 1.26. The lowest BCUT2D eigenvalue weighted by Crippen LogP contribution is -2.33. The van der Waals surface area contributed by atoms with Gasteiger partial charge in [-0.1, -0.05) is 0 Å². The summed E-state index contributed by atoms with van der Waals surface area (Å²) in [5.74, 6) is 0.943. The van der Waals surface area contributed by atoms with Crippen molar-refractivity contribution >= 4 is 5.91 Å². The molecule has 0 spiro atoms. The molecule has 0 bridgehead atoms. The van der Waals surface area contributed by atoms with Crippen LogP contribution < -0.4 is 0 Å². The van der Waals surface area contributed by atoms with E-state index in [0.717, 1.165) is 24.4 Å². The van der Waals surface area contributed by atoms with Crippen LogP contribution in [0.25, 0.3) is 0 Å². The van der Waals surface area contributed by atoms with Crippen molar-refractivity contribution in [1.82, 2.24) is 24.6 Å². The van der Waals surface area contributed by atoms with E-state index in [1.807, 2.05) is 29.6 Å². The van der Waals surface area contributed by atoms with Crippen LogP contribution in [0.1, 0.15) is 34.7 Å². The molecule has 2 aromatic heterocycles. The monoisotopic (exact) mass is 259 g/mol. The zero-order valence-corrected chi connectivity index (χ0v) is 11.1. The second-order valence-electron chi connectivity index (χ2n) is 5.03. The van der Waals surface area contributed by atoms with Gasteiger partial charge in [-0.05, 0) is 19.8 Å². The Kier molecular flexibility index (Phi) is 2.85. The van der Waals surface area contributed by atoms with Crippen molar-refractivity contribution in [1.29, 1.82) is 0 Å². The summed E-state index contributed by atoms with van der Waals surface area (Å²) in [4.78, 5) is 18.8. The second-order valence-corrected chi connectivity index (χ2v) is 5.03. The number of carbonyl (C=O) groups is 1. The third kappa shape index (κ3) is 2.25. The Morgan fingerprint density at radius 3 is 2.89 bits per heavy atom. The Morgan fingerprint density at radius 2 is 2.37 bits per heavy atom. The molecule has 1 aliphatic carbocycles. The van der Waals surface area contributed by atoms with Crippen molar-refractivity contribution < 1.29 is 4.79 Å². The first-order valence-electron chi connectivity index (χ1n) is 6.44. The molecule has 100 valence electrons.